The van der Waals surface area contributed by atoms with Crippen molar-refractivity contribution in [1.82, 2.24) is 4.90 Å². The summed E-state index contributed by atoms with van der Waals surface area (Å²) in [7, 11) is 0. The molecular formula is C24H31NO2. The van der Waals surface area contributed by atoms with Crippen molar-refractivity contribution in [3.63, 3.8) is 0 Å². The van der Waals surface area contributed by atoms with Crippen LogP contribution in [0, 0.1) is 6.92 Å². The molecule has 0 aromatic heterocycles. The Labute approximate surface area is 163 Å². The van der Waals surface area contributed by atoms with Gasteiger partial charge in [-0.1, -0.05) is 30.7 Å². The molecule has 0 aliphatic carbocycles. The Hall–Kier alpha value is -2.13. The van der Waals surface area contributed by atoms with Crippen LogP contribution in [0.25, 0.3) is 0 Å². The Morgan fingerprint density at radius 3 is 2.70 bits per heavy atom. The molecule has 27 heavy (non-hydrogen) atoms. The van der Waals surface area contributed by atoms with Crippen LogP contribution in [-0.2, 0) is 12.8 Å². The zero-order valence-corrected chi connectivity index (χ0v) is 16.6. The van der Waals surface area contributed by atoms with Crippen LogP contribution in [0.4, 0.5) is 0 Å². The number of hydrogen-bond donors (Lipinski definition) is 1. The van der Waals surface area contributed by atoms with E-state index in [-0.39, 0.29) is 11.3 Å². The molecule has 3 rings (SSSR count). The number of aromatic hydroxyl groups is 1. The Morgan fingerprint density at radius 2 is 1.93 bits per heavy atom. The molecule has 144 valence electrons. The lowest BCUT2D eigenvalue weighted by Gasteiger charge is -2.45. The molecule has 3 nitrogen and oxygen atoms in total. The molecule has 0 bridgehead atoms. The molecule has 0 radical (unpaired) electrons. The number of carbonyl (C=O) groups excluding carboxylic acids is 1. The van der Waals surface area contributed by atoms with Gasteiger partial charge in [-0.2, -0.15) is 0 Å². The van der Waals surface area contributed by atoms with Gasteiger partial charge in [0.1, 0.15) is 12.0 Å². The lowest BCUT2D eigenvalue weighted by atomic mass is 9.82. The van der Waals surface area contributed by atoms with Crippen molar-refractivity contribution in [3.8, 4) is 5.75 Å². The Bertz CT molecular complexity index is 786. The van der Waals surface area contributed by atoms with Gasteiger partial charge in [-0.3, -0.25) is 9.69 Å². The molecule has 1 N–H and O–H groups in total. The van der Waals surface area contributed by atoms with Gasteiger partial charge in [-0.05, 0) is 87.4 Å². The summed E-state index contributed by atoms with van der Waals surface area (Å²) >= 11 is 0. The van der Waals surface area contributed by atoms with E-state index in [1.165, 1.54) is 30.4 Å². The van der Waals surface area contributed by atoms with Crippen LogP contribution in [0.5, 0.6) is 5.75 Å². The second-order valence-electron chi connectivity index (χ2n) is 8.12. The molecule has 0 amide bonds. The molecule has 1 saturated heterocycles. The van der Waals surface area contributed by atoms with E-state index in [4.69, 9.17) is 0 Å². The summed E-state index contributed by atoms with van der Waals surface area (Å²) in [6.07, 6.45) is 7.51. The quantitative estimate of drug-likeness (QED) is 0.707. The highest BCUT2D eigenvalue weighted by Gasteiger charge is 2.33. The van der Waals surface area contributed by atoms with Crippen molar-refractivity contribution < 1.29 is 9.90 Å². The highest BCUT2D eigenvalue weighted by molar-refractivity contribution is 5.77. The molecule has 1 atom stereocenters. The highest BCUT2D eigenvalue weighted by Crippen LogP contribution is 2.33. The normalized spacial score (nSPS) is 20.5. The maximum atomic E-state index is 11.3. The van der Waals surface area contributed by atoms with Crippen molar-refractivity contribution in [2.75, 3.05) is 13.1 Å². The van der Waals surface area contributed by atoms with E-state index in [0.29, 0.717) is 5.56 Å². The predicted octanol–water partition coefficient (Wildman–Crippen LogP) is 4.93. The Balaban J connectivity index is 1.69. The number of aldehydes is 1. The first-order valence-corrected chi connectivity index (χ1v) is 10.1. The second kappa shape index (κ2) is 8.71. The topological polar surface area (TPSA) is 40.5 Å². The Morgan fingerprint density at radius 1 is 1.11 bits per heavy atom. The molecule has 0 spiro atoms. The summed E-state index contributed by atoms with van der Waals surface area (Å²) in [6.45, 7) is 6.77. The summed E-state index contributed by atoms with van der Waals surface area (Å²) in [6, 6.07) is 13.7. The van der Waals surface area contributed by atoms with Gasteiger partial charge >= 0.3 is 0 Å². The van der Waals surface area contributed by atoms with E-state index in [9.17, 15) is 9.90 Å². The van der Waals surface area contributed by atoms with Crippen molar-refractivity contribution in [2.24, 2.45) is 0 Å². The lowest BCUT2D eigenvalue weighted by molar-refractivity contribution is 0.0552. The molecule has 2 aromatic carbocycles. The SMILES string of the molecule is Cc1ccccc1CCN1CCCCC1(C)CCc1cc(O)ccc1C=O. The number of benzene rings is 2. The number of phenols is 1. The number of carbonyl (C=O) groups is 1. The smallest absolute Gasteiger partial charge is 0.150 e. The molecule has 1 aliphatic heterocycles. The number of aryl methyl sites for hydroxylation is 2. The monoisotopic (exact) mass is 365 g/mol. The zero-order valence-electron chi connectivity index (χ0n) is 16.6. The largest absolute Gasteiger partial charge is 0.508 e. The fourth-order valence-electron chi connectivity index (χ4n) is 4.37. The molecule has 2 aromatic rings. The summed E-state index contributed by atoms with van der Waals surface area (Å²) < 4.78 is 0. The predicted molar refractivity (Wildman–Crippen MR) is 111 cm³/mol. The minimum Gasteiger partial charge on any atom is -0.508 e. The molecule has 1 aliphatic rings. The second-order valence-corrected chi connectivity index (χ2v) is 8.12. The highest BCUT2D eigenvalue weighted by atomic mass is 16.3. The Kier molecular flexibility index (Phi) is 6.33. The zero-order chi connectivity index (χ0) is 19.3. The maximum absolute atomic E-state index is 11.3. The van der Waals surface area contributed by atoms with Gasteiger partial charge in [0.25, 0.3) is 0 Å². The van der Waals surface area contributed by atoms with Crippen LogP contribution in [0.2, 0.25) is 0 Å². The van der Waals surface area contributed by atoms with Crippen LogP contribution >= 0.6 is 0 Å². The average Bonchev–Trinajstić information content (AvgIpc) is 2.67. The standard InChI is InChI=1S/C24H31NO2/c1-19-7-3-4-8-20(19)12-16-25-15-6-5-13-24(25,2)14-11-21-17-23(27)10-9-22(21)18-26/h3-4,7-10,17-18,27H,5-6,11-16H2,1-2H3. The number of likely N-dealkylation sites (tertiary alicyclic amines) is 1. The van der Waals surface area contributed by atoms with Crippen LogP contribution < -0.4 is 0 Å². The van der Waals surface area contributed by atoms with Gasteiger partial charge < -0.3 is 5.11 Å². The first-order chi connectivity index (χ1) is 13.0. The van der Waals surface area contributed by atoms with E-state index in [1.54, 1.807) is 18.2 Å². The van der Waals surface area contributed by atoms with Gasteiger partial charge in [0, 0.05) is 17.6 Å². The van der Waals surface area contributed by atoms with Crippen molar-refractivity contribution in [1.29, 1.82) is 0 Å². The van der Waals surface area contributed by atoms with Gasteiger partial charge in [-0.25, -0.2) is 0 Å². The number of nitrogens with zero attached hydrogens (tertiary/aromatic N) is 1. The van der Waals surface area contributed by atoms with E-state index in [0.717, 1.165) is 44.2 Å². The van der Waals surface area contributed by atoms with Gasteiger partial charge in [0.15, 0.2) is 0 Å². The number of hydrogen-bond acceptors (Lipinski definition) is 3. The van der Waals surface area contributed by atoms with Crippen LogP contribution in [0.15, 0.2) is 42.5 Å². The third-order valence-corrected chi connectivity index (χ3v) is 6.26. The first-order valence-electron chi connectivity index (χ1n) is 10.1. The molecule has 0 saturated carbocycles. The van der Waals surface area contributed by atoms with Gasteiger partial charge in [0.2, 0.25) is 0 Å². The van der Waals surface area contributed by atoms with Gasteiger partial charge in [0.05, 0.1) is 0 Å². The summed E-state index contributed by atoms with van der Waals surface area (Å²) in [4.78, 5) is 14.0. The summed E-state index contributed by atoms with van der Waals surface area (Å²) in [5.74, 6) is 0.237. The molecule has 3 heteroatoms. The molecule has 1 unspecified atom stereocenters. The number of rotatable bonds is 7. The fraction of sp³-hybridized carbons (Fsp3) is 0.458. The minimum atomic E-state index is 0.145. The maximum Gasteiger partial charge on any atom is 0.150 e. The van der Waals surface area contributed by atoms with Crippen LogP contribution in [0.1, 0.15) is 59.7 Å². The third-order valence-electron chi connectivity index (χ3n) is 6.26. The first kappa shape index (κ1) is 19.6. The average molecular weight is 366 g/mol. The van der Waals surface area contributed by atoms with Crippen LogP contribution in [-0.4, -0.2) is 34.9 Å². The number of piperidine rings is 1. The van der Waals surface area contributed by atoms with E-state index >= 15 is 0 Å². The van der Waals surface area contributed by atoms with Crippen molar-refractivity contribution in [2.45, 2.75) is 57.9 Å². The summed E-state index contributed by atoms with van der Waals surface area (Å²) in [5.41, 5.74) is 4.59. The van der Waals surface area contributed by atoms with Crippen molar-refractivity contribution in [3.05, 3.63) is 64.7 Å². The van der Waals surface area contributed by atoms with E-state index in [1.807, 2.05) is 0 Å². The van der Waals surface area contributed by atoms with E-state index < -0.39 is 0 Å². The lowest BCUT2D eigenvalue weighted by Crippen LogP contribution is -2.50. The number of phenolic OH excluding ortho intramolecular Hbond substituents is 1. The van der Waals surface area contributed by atoms with Gasteiger partial charge in [-0.15, -0.1) is 0 Å². The van der Waals surface area contributed by atoms with E-state index in [2.05, 4.69) is 43.0 Å². The fourth-order valence-corrected chi connectivity index (χ4v) is 4.37. The van der Waals surface area contributed by atoms with Crippen LogP contribution in [0.3, 0.4) is 0 Å². The molecular weight excluding hydrogens is 334 g/mol. The molecule has 1 fully saturated rings. The minimum absolute atomic E-state index is 0.145. The van der Waals surface area contributed by atoms with Crippen molar-refractivity contribution >= 4 is 6.29 Å². The molecule has 1 heterocycles. The third kappa shape index (κ3) is 4.78. The summed E-state index contributed by atoms with van der Waals surface area (Å²) in [5, 5.41) is 9.80.